The number of nitrogens with one attached hydrogen (secondary N) is 1. The third kappa shape index (κ3) is 3.21. The van der Waals surface area contributed by atoms with Crippen LogP contribution in [0, 0.1) is 0 Å². The Balaban J connectivity index is 1.87. The van der Waals surface area contributed by atoms with Crippen LogP contribution in [0.15, 0.2) is 42.5 Å². The molecule has 0 aliphatic heterocycles. The summed E-state index contributed by atoms with van der Waals surface area (Å²) >= 11 is 6.00. The maximum absolute atomic E-state index is 12.5. The molecular formula is C18H18ClN3O2. The van der Waals surface area contributed by atoms with Crippen molar-refractivity contribution in [2.75, 3.05) is 12.4 Å². The Labute approximate surface area is 145 Å². The fourth-order valence-corrected chi connectivity index (χ4v) is 2.86. The molecule has 0 aliphatic carbocycles. The Kier molecular flexibility index (Phi) is 4.71. The van der Waals surface area contributed by atoms with E-state index in [2.05, 4.69) is 10.3 Å². The normalized spacial score (nSPS) is 10.8. The van der Waals surface area contributed by atoms with E-state index in [0.29, 0.717) is 16.5 Å². The van der Waals surface area contributed by atoms with Gasteiger partial charge in [-0.1, -0.05) is 30.7 Å². The number of carbonyl (C=O) groups is 1. The average molecular weight is 344 g/mol. The van der Waals surface area contributed by atoms with Crippen LogP contribution in [-0.4, -0.2) is 22.6 Å². The highest BCUT2D eigenvalue weighted by molar-refractivity contribution is 6.31. The Hall–Kier alpha value is -2.53. The summed E-state index contributed by atoms with van der Waals surface area (Å²) in [6.45, 7) is 2.20. The first kappa shape index (κ1) is 16.3. The number of aryl methyl sites for hydroxylation is 1. The zero-order valence-corrected chi connectivity index (χ0v) is 14.3. The third-order valence-electron chi connectivity index (χ3n) is 3.79. The molecule has 5 nitrogen and oxygen atoms in total. The molecule has 1 amide bonds. The number of imidazole rings is 1. The van der Waals surface area contributed by atoms with Gasteiger partial charge in [-0.2, -0.15) is 0 Å². The van der Waals surface area contributed by atoms with E-state index in [1.54, 1.807) is 25.3 Å². The summed E-state index contributed by atoms with van der Waals surface area (Å²) < 4.78 is 7.19. The molecule has 0 bridgehead atoms. The van der Waals surface area contributed by atoms with Crippen LogP contribution in [0.3, 0.4) is 0 Å². The van der Waals surface area contributed by atoms with Gasteiger partial charge >= 0.3 is 0 Å². The van der Waals surface area contributed by atoms with Crippen LogP contribution < -0.4 is 10.1 Å². The Morgan fingerprint density at radius 3 is 2.83 bits per heavy atom. The summed E-state index contributed by atoms with van der Waals surface area (Å²) in [7, 11) is 1.55. The smallest absolute Gasteiger partial charge is 0.244 e. The van der Waals surface area contributed by atoms with E-state index in [4.69, 9.17) is 16.3 Å². The highest BCUT2D eigenvalue weighted by atomic mass is 35.5. The molecular weight excluding hydrogens is 326 g/mol. The molecule has 24 heavy (non-hydrogen) atoms. The van der Waals surface area contributed by atoms with Crippen LogP contribution in [0.1, 0.15) is 12.7 Å². The van der Waals surface area contributed by atoms with Crippen molar-refractivity contribution >= 4 is 34.2 Å². The molecule has 0 saturated heterocycles. The average Bonchev–Trinajstić information content (AvgIpc) is 2.93. The SMILES string of the molecule is CCc1nc2ccccc2n1CC(=O)Nc1cc(Cl)ccc1OC. The fraction of sp³-hybridized carbons (Fsp3) is 0.222. The number of fused-ring (bicyclic) bond motifs is 1. The van der Waals surface area contributed by atoms with E-state index in [1.165, 1.54) is 0 Å². The predicted molar refractivity (Wildman–Crippen MR) is 95.7 cm³/mol. The Morgan fingerprint density at radius 1 is 1.29 bits per heavy atom. The summed E-state index contributed by atoms with van der Waals surface area (Å²) in [4.78, 5) is 17.1. The molecule has 0 aliphatic rings. The van der Waals surface area contributed by atoms with E-state index in [0.717, 1.165) is 23.3 Å². The first-order valence-electron chi connectivity index (χ1n) is 7.70. The van der Waals surface area contributed by atoms with Gasteiger partial charge in [-0.3, -0.25) is 4.79 Å². The standard InChI is InChI=1S/C18H18ClN3O2/c1-3-17-20-13-6-4-5-7-15(13)22(17)11-18(23)21-14-10-12(19)8-9-16(14)24-2/h4-10H,3,11H2,1-2H3,(H,21,23). The topological polar surface area (TPSA) is 56.2 Å². The van der Waals surface area contributed by atoms with Gasteiger partial charge in [-0.15, -0.1) is 0 Å². The van der Waals surface area contributed by atoms with E-state index in [1.807, 2.05) is 35.8 Å². The van der Waals surface area contributed by atoms with Crippen molar-refractivity contribution in [2.24, 2.45) is 0 Å². The zero-order valence-electron chi connectivity index (χ0n) is 13.5. The second-order valence-corrected chi connectivity index (χ2v) is 5.79. The molecule has 0 atom stereocenters. The number of halogens is 1. The van der Waals surface area contributed by atoms with Crippen LogP contribution in [0.5, 0.6) is 5.75 Å². The van der Waals surface area contributed by atoms with Gasteiger partial charge in [0.25, 0.3) is 0 Å². The van der Waals surface area contributed by atoms with Gasteiger partial charge in [0.15, 0.2) is 0 Å². The molecule has 0 spiro atoms. The second-order valence-electron chi connectivity index (χ2n) is 5.35. The maximum Gasteiger partial charge on any atom is 0.244 e. The predicted octanol–water partition coefficient (Wildman–Crippen LogP) is 3.90. The quantitative estimate of drug-likeness (QED) is 0.764. The summed E-state index contributed by atoms with van der Waals surface area (Å²) in [5.41, 5.74) is 2.39. The molecule has 1 N–H and O–H groups in total. The van der Waals surface area contributed by atoms with E-state index in [-0.39, 0.29) is 12.5 Å². The molecule has 0 unspecified atom stereocenters. The van der Waals surface area contributed by atoms with Crippen molar-refractivity contribution in [3.63, 3.8) is 0 Å². The minimum Gasteiger partial charge on any atom is -0.495 e. The van der Waals surface area contributed by atoms with Crippen molar-refractivity contribution in [1.82, 2.24) is 9.55 Å². The molecule has 1 heterocycles. The number of amides is 1. The lowest BCUT2D eigenvalue weighted by atomic mass is 10.3. The second kappa shape index (κ2) is 6.93. The number of carbonyl (C=O) groups excluding carboxylic acids is 1. The first-order chi connectivity index (χ1) is 11.6. The maximum atomic E-state index is 12.5. The summed E-state index contributed by atoms with van der Waals surface area (Å²) in [6, 6.07) is 12.9. The number of ether oxygens (including phenoxy) is 1. The van der Waals surface area contributed by atoms with Crippen molar-refractivity contribution in [3.8, 4) is 5.75 Å². The van der Waals surface area contributed by atoms with Gasteiger partial charge < -0.3 is 14.6 Å². The number of nitrogens with zero attached hydrogens (tertiary/aromatic N) is 2. The molecule has 3 aromatic rings. The molecule has 6 heteroatoms. The number of aromatic nitrogens is 2. The zero-order chi connectivity index (χ0) is 17.1. The van der Waals surface area contributed by atoms with Crippen molar-refractivity contribution in [3.05, 3.63) is 53.3 Å². The van der Waals surface area contributed by atoms with Crippen LogP contribution in [0.2, 0.25) is 5.02 Å². The Morgan fingerprint density at radius 2 is 2.08 bits per heavy atom. The van der Waals surface area contributed by atoms with Gasteiger partial charge in [-0.05, 0) is 30.3 Å². The lowest BCUT2D eigenvalue weighted by molar-refractivity contribution is -0.116. The van der Waals surface area contributed by atoms with Crippen molar-refractivity contribution in [2.45, 2.75) is 19.9 Å². The molecule has 0 saturated carbocycles. The highest BCUT2D eigenvalue weighted by Crippen LogP contribution is 2.27. The molecule has 3 rings (SSSR count). The lowest BCUT2D eigenvalue weighted by Crippen LogP contribution is -2.20. The number of hydrogen-bond acceptors (Lipinski definition) is 3. The van der Waals surface area contributed by atoms with Gasteiger partial charge in [0.2, 0.25) is 5.91 Å². The summed E-state index contributed by atoms with van der Waals surface area (Å²) in [6.07, 6.45) is 0.752. The number of anilines is 1. The highest BCUT2D eigenvalue weighted by Gasteiger charge is 2.14. The minimum atomic E-state index is -0.159. The van der Waals surface area contributed by atoms with E-state index in [9.17, 15) is 4.79 Å². The fourth-order valence-electron chi connectivity index (χ4n) is 2.68. The molecule has 0 radical (unpaired) electrons. The Bertz CT molecular complexity index is 889. The monoisotopic (exact) mass is 343 g/mol. The van der Waals surface area contributed by atoms with Crippen LogP contribution in [0.4, 0.5) is 5.69 Å². The van der Waals surface area contributed by atoms with E-state index >= 15 is 0 Å². The molecule has 124 valence electrons. The van der Waals surface area contributed by atoms with Gasteiger partial charge in [0, 0.05) is 11.4 Å². The summed E-state index contributed by atoms with van der Waals surface area (Å²) in [5, 5.41) is 3.40. The number of methoxy groups -OCH3 is 1. The van der Waals surface area contributed by atoms with E-state index < -0.39 is 0 Å². The molecule has 2 aromatic carbocycles. The number of hydrogen-bond donors (Lipinski definition) is 1. The number of para-hydroxylation sites is 2. The largest absolute Gasteiger partial charge is 0.495 e. The summed E-state index contributed by atoms with van der Waals surface area (Å²) in [5.74, 6) is 1.29. The minimum absolute atomic E-state index is 0.159. The van der Waals surface area contributed by atoms with Crippen molar-refractivity contribution < 1.29 is 9.53 Å². The van der Waals surface area contributed by atoms with Crippen LogP contribution in [-0.2, 0) is 17.8 Å². The number of rotatable bonds is 5. The van der Waals surface area contributed by atoms with Crippen LogP contribution in [0.25, 0.3) is 11.0 Å². The number of benzene rings is 2. The van der Waals surface area contributed by atoms with Gasteiger partial charge in [-0.25, -0.2) is 4.98 Å². The lowest BCUT2D eigenvalue weighted by Gasteiger charge is -2.12. The molecule has 0 fully saturated rings. The van der Waals surface area contributed by atoms with Crippen LogP contribution >= 0.6 is 11.6 Å². The third-order valence-corrected chi connectivity index (χ3v) is 4.02. The molecule has 1 aromatic heterocycles. The van der Waals surface area contributed by atoms with Gasteiger partial charge in [0.1, 0.15) is 18.1 Å². The van der Waals surface area contributed by atoms with Gasteiger partial charge in [0.05, 0.1) is 23.8 Å². The first-order valence-corrected chi connectivity index (χ1v) is 8.07. The van der Waals surface area contributed by atoms with Crippen molar-refractivity contribution in [1.29, 1.82) is 0 Å².